The van der Waals surface area contributed by atoms with Gasteiger partial charge in [0.25, 0.3) is 0 Å². The Morgan fingerprint density at radius 2 is 1.97 bits per heavy atom. The highest BCUT2D eigenvalue weighted by Gasteiger charge is 2.34. The van der Waals surface area contributed by atoms with E-state index in [1.165, 1.54) is 34.9 Å². The first-order chi connectivity index (χ1) is 13.9. The molecule has 1 aliphatic heterocycles. The van der Waals surface area contributed by atoms with E-state index in [1.807, 2.05) is 24.3 Å². The first kappa shape index (κ1) is 20.3. The van der Waals surface area contributed by atoms with Gasteiger partial charge >= 0.3 is 0 Å². The van der Waals surface area contributed by atoms with Gasteiger partial charge < -0.3 is 20.3 Å². The van der Waals surface area contributed by atoms with Crippen LogP contribution >= 0.6 is 11.3 Å². The number of aliphatic hydroxyl groups excluding tert-OH is 1. The number of hydrogen-bond acceptors (Lipinski definition) is 7. The van der Waals surface area contributed by atoms with Gasteiger partial charge in [-0.25, -0.2) is 8.42 Å². The van der Waals surface area contributed by atoms with E-state index in [-0.39, 0.29) is 24.6 Å². The minimum absolute atomic E-state index is 0.148. The van der Waals surface area contributed by atoms with E-state index in [9.17, 15) is 13.5 Å². The maximum absolute atomic E-state index is 13.1. The van der Waals surface area contributed by atoms with Gasteiger partial charge in [0, 0.05) is 23.4 Å². The number of ether oxygens (including phenoxy) is 2. The van der Waals surface area contributed by atoms with Gasteiger partial charge in [-0.1, -0.05) is 18.2 Å². The SMILES string of the molecule is COc1ccc(S(=O)(=O)N2CCO[C@H](c3c(C(N)O)sc4ccccc34)C2)cc1. The topological polar surface area (TPSA) is 102 Å². The van der Waals surface area contributed by atoms with Crippen molar-refractivity contribution in [3.05, 3.63) is 59.0 Å². The van der Waals surface area contributed by atoms with Crippen molar-refractivity contribution >= 4 is 31.4 Å². The van der Waals surface area contributed by atoms with Crippen LogP contribution in [0.3, 0.4) is 0 Å². The molecule has 4 rings (SSSR count). The molecule has 1 unspecified atom stereocenters. The van der Waals surface area contributed by atoms with Gasteiger partial charge in [-0.2, -0.15) is 4.31 Å². The summed E-state index contributed by atoms with van der Waals surface area (Å²) in [4.78, 5) is 0.799. The summed E-state index contributed by atoms with van der Waals surface area (Å²) >= 11 is 1.40. The second kappa shape index (κ2) is 8.02. The maximum atomic E-state index is 13.1. The fraction of sp³-hybridized carbons (Fsp3) is 0.300. The number of hydrogen-bond donors (Lipinski definition) is 2. The van der Waals surface area contributed by atoms with Gasteiger partial charge in [0.15, 0.2) is 0 Å². The highest BCUT2D eigenvalue weighted by atomic mass is 32.2. The summed E-state index contributed by atoms with van der Waals surface area (Å²) in [5.74, 6) is 0.593. The molecular formula is C20H22N2O5S2. The molecule has 0 amide bonds. The van der Waals surface area contributed by atoms with E-state index >= 15 is 0 Å². The molecule has 3 aromatic rings. The molecule has 1 saturated heterocycles. The molecule has 0 bridgehead atoms. The van der Waals surface area contributed by atoms with E-state index in [0.29, 0.717) is 10.6 Å². The lowest BCUT2D eigenvalue weighted by atomic mass is 10.0. The summed E-state index contributed by atoms with van der Waals surface area (Å²) in [6.45, 7) is 0.659. The first-order valence-corrected chi connectivity index (χ1v) is 11.4. The van der Waals surface area contributed by atoms with E-state index in [2.05, 4.69) is 0 Å². The molecule has 9 heteroatoms. The molecule has 0 saturated carbocycles. The highest BCUT2D eigenvalue weighted by Crippen LogP contribution is 2.40. The van der Waals surface area contributed by atoms with Crippen molar-refractivity contribution in [1.29, 1.82) is 0 Å². The average Bonchev–Trinajstić information content (AvgIpc) is 3.14. The number of aliphatic hydroxyl groups is 1. The zero-order valence-electron chi connectivity index (χ0n) is 15.8. The number of fused-ring (bicyclic) bond motifs is 1. The van der Waals surface area contributed by atoms with Gasteiger partial charge in [0.1, 0.15) is 12.0 Å². The molecule has 0 radical (unpaired) electrons. The highest BCUT2D eigenvalue weighted by molar-refractivity contribution is 7.89. The zero-order chi connectivity index (χ0) is 20.6. The Kier molecular flexibility index (Phi) is 5.60. The molecule has 2 atom stereocenters. The number of nitrogens with zero attached hydrogens (tertiary/aromatic N) is 1. The number of benzene rings is 2. The lowest BCUT2D eigenvalue weighted by Crippen LogP contribution is -2.42. The average molecular weight is 435 g/mol. The number of methoxy groups -OCH3 is 1. The van der Waals surface area contributed by atoms with Crippen molar-refractivity contribution in [2.45, 2.75) is 17.2 Å². The van der Waals surface area contributed by atoms with Crippen molar-refractivity contribution in [3.63, 3.8) is 0 Å². The van der Waals surface area contributed by atoms with Gasteiger partial charge in [-0.15, -0.1) is 11.3 Å². The Balaban J connectivity index is 1.68. The van der Waals surface area contributed by atoms with Crippen molar-refractivity contribution in [3.8, 4) is 5.75 Å². The minimum Gasteiger partial charge on any atom is -0.497 e. The van der Waals surface area contributed by atoms with Crippen molar-refractivity contribution in [2.24, 2.45) is 5.73 Å². The third-order valence-electron chi connectivity index (χ3n) is 4.98. The van der Waals surface area contributed by atoms with Gasteiger partial charge in [-0.05, 0) is 35.7 Å². The Labute approximate surface area is 173 Å². The number of morpholine rings is 1. The summed E-state index contributed by atoms with van der Waals surface area (Å²) in [5.41, 5.74) is 6.55. The van der Waals surface area contributed by atoms with Crippen molar-refractivity contribution in [2.75, 3.05) is 26.8 Å². The Morgan fingerprint density at radius 1 is 1.24 bits per heavy atom. The summed E-state index contributed by atoms with van der Waals surface area (Å²) in [6.07, 6.45) is -1.67. The van der Waals surface area contributed by atoms with Crippen LogP contribution in [0.25, 0.3) is 10.1 Å². The molecule has 1 fully saturated rings. The van der Waals surface area contributed by atoms with Crippen LogP contribution in [0.5, 0.6) is 5.75 Å². The number of thiophene rings is 1. The second-order valence-electron chi connectivity index (χ2n) is 6.72. The molecule has 1 aromatic heterocycles. The number of sulfonamides is 1. The number of nitrogens with two attached hydrogens (primary N) is 1. The van der Waals surface area contributed by atoms with Gasteiger partial charge in [0.05, 0.1) is 29.6 Å². The molecule has 0 aliphatic carbocycles. The van der Waals surface area contributed by atoms with Crippen LogP contribution in [-0.2, 0) is 14.8 Å². The predicted octanol–water partition coefficient (Wildman–Crippen LogP) is 2.62. The van der Waals surface area contributed by atoms with Crippen molar-refractivity contribution < 1.29 is 23.0 Å². The molecule has 1 aliphatic rings. The van der Waals surface area contributed by atoms with Crippen LogP contribution in [0, 0.1) is 0 Å². The van der Waals surface area contributed by atoms with Crippen LogP contribution in [-0.4, -0.2) is 44.6 Å². The van der Waals surface area contributed by atoms with Crippen LogP contribution < -0.4 is 10.5 Å². The molecule has 2 heterocycles. The normalized spacial score (nSPS) is 19.3. The van der Waals surface area contributed by atoms with Gasteiger partial charge in [-0.3, -0.25) is 0 Å². The minimum atomic E-state index is -3.69. The fourth-order valence-electron chi connectivity index (χ4n) is 3.55. The molecule has 3 N–H and O–H groups in total. The molecule has 29 heavy (non-hydrogen) atoms. The van der Waals surface area contributed by atoms with E-state index < -0.39 is 22.4 Å². The van der Waals surface area contributed by atoms with Gasteiger partial charge in [0.2, 0.25) is 10.0 Å². The second-order valence-corrected chi connectivity index (χ2v) is 9.74. The fourth-order valence-corrected chi connectivity index (χ4v) is 6.12. The zero-order valence-corrected chi connectivity index (χ0v) is 17.4. The summed E-state index contributed by atoms with van der Waals surface area (Å²) in [5, 5.41) is 11.0. The molecular weight excluding hydrogens is 412 g/mol. The smallest absolute Gasteiger partial charge is 0.243 e. The van der Waals surface area contributed by atoms with E-state index in [0.717, 1.165) is 15.6 Å². The summed E-state index contributed by atoms with van der Waals surface area (Å²) in [6, 6.07) is 14.0. The Morgan fingerprint density at radius 3 is 2.66 bits per heavy atom. The first-order valence-electron chi connectivity index (χ1n) is 9.12. The molecule has 154 valence electrons. The molecule has 2 aromatic carbocycles. The van der Waals surface area contributed by atoms with Crippen molar-refractivity contribution in [1.82, 2.24) is 4.31 Å². The van der Waals surface area contributed by atoms with E-state index in [1.54, 1.807) is 12.1 Å². The largest absolute Gasteiger partial charge is 0.497 e. The summed E-state index contributed by atoms with van der Waals surface area (Å²) < 4.78 is 39.7. The third-order valence-corrected chi connectivity index (χ3v) is 8.12. The predicted molar refractivity (Wildman–Crippen MR) is 111 cm³/mol. The Bertz CT molecular complexity index is 1110. The number of rotatable bonds is 5. The molecule has 0 spiro atoms. The monoisotopic (exact) mass is 434 g/mol. The molecule has 7 nitrogen and oxygen atoms in total. The lowest BCUT2D eigenvalue weighted by Gasteiger charge is -2.33. The lowest BCUT2D eigenvalue weighted by molar-refractivity contribution is -0.00300. The van der Waals surface area contributed by atoms with E-state index in [4.69, 9.17) is 15.2 Å². The third kappa shape index (κ3) is 3.77. The Hall–Kier alpha value is -2.01. The van der Waals surface area contributed by atoms with Crippen LogP contribution in [0.2, 0.25) is 0 Å². The summed E-state index contributed by atoms with van der Waals surface area (Å²) in [7, 11) is -2.16. The maximum Gasteiger partial charge on any atom is 0.243 e. The quantitative estimate of drug-likeness (QED) is 0.599. The van der Waals surface area contributed by atoms with Crippen LogP contribution in [0.4, 0.5) is 0 Å². The van der Waals surface area contributed by atoms with Crippen LogP contribution in [0.1, 0.15) is 22.8 Å². The standard InChI is InChI=1S/C20H22N2O5S2/c1-26-13-6-8-14(9-7-13)29(24,25)22-10-11-27-16(12-22)18-15-4-2-3-5-17(15)28-19(18)20(21)23/h2-9,16,20,23H,10-12,21H2,1H3/t16-,20?/m0/s1. The van der Waals surface area contributed by atoms with Crippen LogP contribution in [0.15, 0.2) is 53.4 Å².